The topological polar surface area (TPSA) is 114 Å². The standard InChI is InChI=1S/C17H15ClN4O5/c1-11(23)21(14-5-3-4-6-16(14)27-2)17(24)10-19-20-13-8-7-12(18)9-15(13)22(25)26/h3-9H,10H2,1-2H3. The summed E-state index contributed by atoms with van der Waals surface area (Å²) in [7, 11) is 1.42. The van der Waals surface area contributed by atoms with E-state index in [4.69, 9.17) is 16.3 Å². The molecule has 0 saturated heterocycles. The molecule has 0 heterocycles. The number of ether oxygens (including phenoxy) is 1. The van der Waals surface area contributed by atoms with Gasteiger partial charge in [0, 0.05) is 18.0 Å². The molecule has 0 fully saturated rings. The van der Waals surface area contributed by atoms with Crippen LogP contribution in [0.5, 0.6) is 5.75 Å². The number of para-hydroxylation sites is 2. The van der Waals surface area contributed by atoms with Crippen LogP contribution >= 0.6 is 11.6 Å². The fraction of sp³-hybridized carbons (Fsp3) is 0.176. The number of benzene rings is 2. The number of anilines is 1. The minimum atomic E-state index is -0.660. The number of nitro groups is 1. The highest BCUT2D eigenvalue weighted by atomic mass is 35.5. The lowest BCUT2D eigenvalue weighted by molar-refractivity contribution is -0.384. The van der Waals surface area contributed by atoms with Crippen LogP contribution in [0.1, 0.15) is 6.92 Å². The molecule has 0 saturated carbocycles. The lowest BCUT2D eigenvalue weighted by Gasteiger charge is -2.20. The van der Waals surface area contributed by atoms with Crippen molar-refractivity contribution in [2.24, 2.45) is 10.2 Å². The number of carbonyl (C=O) groups excluding carboxylic acids is 2. The van der Waals surface area contributed by atoms with Gasteiger partial charge in [0.25, 0.3) is 11.6 Å². The van der Waals surface area contributed by atoms with Gasteiger partial charge in [-0.05, 0) is 24.3 Å². The highest BCUT2D eigenvalue weighted by molar-refractivity contribution is 6.30. The van der Waals surface area contributed by atoms with Crippen LogP contribution in [0.2, 0.25) is 5.02 Å². The third-order valence-electron chi connectivity index (χ3n) is 3.41. The van der Waals surface area contributed by atoms with E-state index in [9.17, 15) is 19.7 Å². The number of nitro benzene ring substituents is 1. The Morgan fingerprint density at radius 2 is 1.96 bits per heavy atom. The van der Waals surface area contributed by atoms with Crippen molar-refractivity contribution in [2.45, 2.75) is 6.92 Å². The van der Waals surface area contributed by atoms with Gasteiger partial charge in [0.15, 0.2) is 5.69 Å². The fourth-order valence-corrected chi connectivity index (χ4v) is 2.43. The molecule has 10 heteroatoms. The third kappa shape index (κ3) is 4.85. The average Bonchev–Trinajstić information content (AvgIpc) is 2.63. The molecule has 0 aliphatic heterocycles. The fourth-order valence-electron chi connectivity index (χ4n) is 2.26. The van der Waals surface area contributed by atoms with Gasteiger partial charge in [-0.1, -0.05) is 23.7 Å². The van der Waals surface area contributed by atoms with E-state index in [2.05, 4.69) is 10.2 Å². The summed E-state index contributed by atoms with van der Waals surface area (Å²) >= 11 is 5.73. The second-order valence-electron chi connectivity index (χ2n) is 5.21. The highest BCUT2D eigenvalue weighted by Crippen LogP contribution is 2.31. The van der Waals surface area contributed by atoms with Gasteiger partial charge in [-0.3, -0.25) is 19.7 Å². The first-order valence-electron chi connectivity index (χ1n) is 7.63. The Hall–Kier alpha value is -3.33. The van der Waals surface area contributed by atoms with Crippen molar-refractivity contribution in [1.82, 2.24) is 0 Å². The number of hydrogen-bond acceptors (Lipinski definition) is 7. The lowest BCUT2D eigenvalue weighted by Crippen LogP contribution is -2.37. The van der Waals surface area contributed by atoms with Gasteiger partial charge in [0.1, 0.15) is 12.3 Å². The van der Waals surface area contributed by atoms with Crippen LogP contribution < -0.4 is 9.64 Å². The molecule has 2 rings (SSSR count). The first kappa shape index (κ1) is 20.0. The van der Waals surface area contributed by atoms with E-state index in [0.29, 0.717) is 5.75 Å². The van der Waals surface area contributed by atoms with Crippen LogP contribution in [-0.2, 0) is 9.59 Å². The molecule has 27 heavy (non-hydrogen) atoms. The minimum Gasteiger partial charge on any atom is -0.495 e. The normalized spacial score (nSPS) is 10.6. The zero-order valence-electron chi connectivity index (χ0n) is 14.5. The Balaban J connectivity index is 2.24. The molecular formula is C17H15ClN4O5. The number of azo groups is 1. The molecule has 0 N–H and O–H groups in total. The summed E-state index contributed by atoms with van der Waals surface area (Å²) in [5.41, 5.74) is -0.124. The Labute approximate surface area is 159 Å². The Kier molecular flexibility index (Phi) is 6.56. The predicted octanol–water partition coefficient (Wildman–Crippen LogP) is 3.92. The lowest BCUT2D eigenvalue weighted by atomic mass is 10.2. The summed E-state index contributed by atoms with van der Waals surface area (Å²) < 4.78 is 5.17. The Morgan fingerprint density at radius 1 is 1.26 bits per heavy atom. The van der Waals surface area contributed by atoms with E-state index in [1.807, 2.05) is 0 Å². The van der Waals surface area contributed by atoms with Crippen molar-refractivity contribution in [3.05, 3.63) is 57.6 Å². The van der Waals surface area contributed by atoms with Gasteiger partial charge in [-0.25, -0.2) is 4.90 Å². The van der Waals surface area contributed by atoms with E-state index in [0.717, 1.165) is 11.0 Å². The quantitative estimate of drug-likeness (QED) is 0.421. The first-order valence-corrected chi connectivity index (χ1v) is 8.01. The maximum atomic E-state index is 12.5. The van der Waals surface area contributed by atoms with Crippen LogP contribution in [0.25, 0.3) is 0 Å². The minimum absolute atomic E-state index is 0.0520. The van der Waals surface area contributed by atoms with Gasteiger partial charge in [-0.15, -0.1) is 5.11 Å². The Morgan fingerprint density at radius 3 is 2.59 bits per heavy atom. The van der Waals surface area contributed by atoms with Gasteiger partial charge in [0.2, 0.25) is 5.91 Å². The summed E-state index contributed by atoms with van der Waals surface area (Å²) in [4.78, 5) is 35.7. The summed E-state index contributed by atoms with van der Waals surface area (Å²) in [6.45, 7) is 0.739. The van der Waals surface area contributed by atoms with Crippen LogP contribution in [0, 0.1) is 10.1 Å². The molecule has 140 valence electrons. The number of rotatable bonds is 6. The van der Waals surface area contributed by atoms with Crippen LogP contribution in [0.3, 0.4) is 0 Å². The number of nitrogens with zero attached hydrogens (tertiary/aromatic N) is 4. The number of imide groups is 1. The number of hydrogen-bond donors (Lipinski definition) is 0. The molecule has 0 atom stereocenters. The van der Waals surface area contributed by atoms with E-state index < -0.39 is 23.3 Å². The number of amides is 2. The molecular weight excluding hydrogens is 376 g/mol. The summed E-state index contributed by atoms with van der Waals surface area (Å²) in [6.07, 6.45) is 0. The van der Waals surface area contributed by atoms with E-state index >= 15 is 0 Å². The molecule has 0 aromatic heterocycles. The SMILES string of the molecule is COc1ccccc1N(C(C)=O)C(=O)CN=Nc1ccc(Cl)cc1[N+](=O)[O-]. The molecule has 0 spiro atoms. The van der Waals surface area contributed by atoms with Crippen molar-refractivity contribution in [3.63, 3.8) is 0 Å². The summed E-state index contributed by atoms with van der Waals surface area (Å²) in [5.74, 6) is -0.851. The van der Waals surface area contributed by atoms with E-state index in [-0.39, 0.29) is 22.1 Å². The first-order chi connectivity index (χ1) is 12.8. The highest BCUT2D eigenvalue weighted by Gasteiger charge is 2.23. The van der Waals surface area contributed by atoms with Crippen LogP contribution in [0.15, 0.2) is 52.7 Å². The largest absolute Gasteiger partial charge is 0.495 e. The maximum Gasteiger partial charge on any atom is 0.298 e. The molecule has 0 unspecified atom stereocenters. The van der Waals surface area contributed by atoms with Crippen molar-refractivity contribution in [1.29, 1.82) is 0 Å². The Bertz CT molecular complexity index is 916. The molecule has 0 bridgehead atoms. The summed E-state index contributed by atoms with van der Waals surface area (Å²) in [5, 5.41) is 18.6. The number of carbonyl (C=O) groups is 2. The van der Waals surface area contributed by atoms with E-state index in [1.54, 1.807) is 24.3 Å². The molecule has 9 nitrogen and oxygen atoms in total. The van der Waals surface area contributed by atoms with Crippen LogP contribution in [-0.4, -0.2) is 30.4 Å². The molecule has 0 aliphatic rings. The van der Waals surface area contributed by atoms with Crippen LogP contribution in [0.4, 0.5) is 17.1 Å². The van der Waals surface area contributed by atoms with E-state index in [1.165, 1.54) is 26.2 Å². The zero-order valence-corrected chi connectivity index (χ0v) is 15.2. The van der Waals surface area contributed by atoms with Gasteiger partial charge in [0.05, 0.1) is 17.7 Å². The van der Waals surface area contributed by atoms with Crippen molar-refractivity contribution < 1.29 is 19.2 Å². The zero-order chi connectivity index (χ0) is 20.0. The molecule has 2 amide bonds. The molecule has 2 aromatic carbocycles. The van der Waals surface area contributed by atoms with Gasteiger partial charge < -0.3 is 4.74 Å². The molecule has 0 aliphatic carbocycles. The van der Waals surface area contributed by atoms with Crippen molar-refractivity contribution in [2.75, 3.05) is 18.6 Å². The van der Waals surface area contributed by atoms with Crippen molar-refractivity contribution >= 4 is 40.5 Å². The second-order valence-corrected chi connectivity index (χ2v) is 5.65. The van der Waals surface area contributed by atoms with Crippen molar-refractivity contribution in [3.8, 4) is 5.75 Å². The number of methoxy groups -OCH3 is 1. The third-order valence-corrected chi connectivity index (χ3v) is 3.64. The maximum absolute atomic E-state index is 12.5. The predicted molar refractivity (Wildman–Crippen MR) is 98.7 cm³/mol. The van der Waals surface area contributed by atoms with Gasteiger partial charge >= 0.3 is 0 Å². The number of halogens is 1. The monoisotopic (exact) mass is 390 g/mol. The van der Waals surface area contributed by atoms with Gasteiger partial charge in [-0.2, -0.15) is 5.11 Å². The molecule has 0 radical (unpaired) electrons. The average molecular weight is 391 g/mol. The molecule has 2 aromatic rings. The smallest absolute Gasteiger partial charge is 0.298 e. The summed E-state index contributed by atoms with van der Waals surface area (Å²) in [6, 6.07) is 10.4. The second kappa shape index (κ2) is 8.86.